The molecule has 0 unspecified atom stereocenters. The molecule has 0 fully saturated rings. The van der Waals surface area contributed by atoms with Crippen LogP contribution < -0.4 is 10.1 Å². The Morgan fingerprint density at radius 1 is 1.39 bits per heavy atom. The monoisotopic (exact) mass is 251 g/mol. The zero-order valence-corrected chi connectivity index (χ0v) is 10.7. The summed E-state index contributed by atoms with van der Waals surface area (Å²) in [6, 6.07) is 4.85. The van der Waals surface area contributed by atoms with Crippen molar-refractivity contribution >= 4 is 11.9 Å². The SMILES string of the molecule is Cc1cccc(C(=O)O)c1OCC(=O)NC(C)C. The van der Waals surface area contributed by atoms with Gasteiger partial charge in [-0.3, -0.25) is 4.79 Å². The van der Waals surface area contributed by atoms with Crippen LogP contribution in [-0.2, 0) is 4.79 Å². The number of rotatable bonds is 5. The number of carboxylic acids is 1. The molecular formula is C13H17NO4. The summed E-state index contributed by atoms with van der Waals surface area (Å²) >= 11 is 0. The van der Waals surface area contributed by atoms with Crippen LogP contribution >= 0.6 is 0 Å². The maximum Gasteiger partial charge on any atom is 0.339 e. The Morgan fingerprint density at radius 2 is 2.06 bits per heavy atom. The highest BCUT2D eigenvalue weighted by Gasteiger charge is 2.14. The number of para-hydroxylation sites is 1. The van der Waals surface area contributed by atoms with Crippen LogP contribution in [0.4, 0.5) is 0 Å². The van der Waals surface area contributed by atoms with Crippen molar-refractivity contribution in [3.05, 3.63) is 29.3 Å². The summed E-state index contributed by atoms with van der Waals surface area (Å²) in [6.45, 7) is 5.23. The van der Waals surface area contributed by atoms with Crippen molar-refractivity contribution in [2.24, 2.45) is 0 Å². The third kappa shape index (κ3) is 3.76. The molecular weight excluding hydrogens is 234 g/mol. The molecule has 0 aliphatic heterocycles. The van der Waals surface area contributed by atoms with Crippen LogP contribution in [0.5, 0.6) is 5.75 Å². The summed E-state index contributed by atoms with van der Waals surface area (Å²) in [5.74, 6) is -1.11. The average Bonchev–Trinajstić information content (AvgIpc) is 2.25. The summed E-state index contributed by atoms with van der Waals surface area (Å²) in [5, 5.41) is 11.7. The van der Waals surface area contributed by atoms with Crippen LogP contribution in [0.1, 0.15) is 29.8 Å². The number of aromatic carboxylic acids is 1. The van der Waals surface area contributed by atoms with Crippen molar-refractivity contribution in [3.8, 4) is 5.75 Å². The molecule has 0 heterocycles. The average molecular weight is 251 g/mol. The predicted octanol–water partition coefficient (Wildman–Crippen LogP) is 1.60. The molecule has 0 aromatic heterocycles. The molecule has 1 aromatic rings. The van der Waals surface area contributed by atoms with Gasteiger partial charge in [-0.05, 0) is 32.4 Å². The molecule has 1 rings (SSSR count). The molecule has 18 heavy (non-hydrogen) atoms. The topological polar surface area (TPSA) is 75.6 Å². The summed E-state index contributed by atoms with van der Waals surface area (Å²) in [4.78, 5) is 22.5. The highest BCUT2D eigenvalue weighted by Crippen LogP contribution is 2.23. The smallest absolute Gasteiger partial charge is 0.339 e. The Kier molecular flexibility index (Phi) is 4.71. The second-order valence-corrected chi connectivity index (χ2v) is 4.27. The molecule has 0 spiro atoms. The van der Waals surface area contributed by atoms with Gasteiger partial charge in [-0.15, -0.1) is 0 Å². The number of carboxylic acid groups (broad SMARTS) is 1. The molecule has 5 nitrogen and oxygen atoms in total. The Balaban J connectivity index is 2.78. The molecule has 0 radical (unpaired) electrons. The fourth-order valence-corrected chi connectivity index (χ4v) is 1.51. The predicted molar refractivity (Wildman–Crippen MR) is 66.9 cm³/mol. The minimum Gasteiger partial charge on any atom is -0.483 e. The highest BCUT2D eigenvalue weighted by atomic mass is 16.5. The molecule has 2 N–H and O–H groups in total. The van der Waals surface area contributed by atoms with E-state index in [0.29, 0.717) is 5.56 Å². The highest BCUT2D eigenvalue weighted by molar-refractivity contribution is 5.91. The van der Waals surface area contributed by atoms with Crippen molar-refractivity contribution in [1.29, 1.82) is 0 Å². The molecule has 0 saturated heterocycles. The molecule has 1 amide bonds. The first-order valence-electron chi connectivity index (χ1n) is 5.67. The van der Waals surface area contributed by atoms with Gasteiger partial charge in [0.15, 0.2) is 6.61 Å². The van der Waals surface area contributed by atoms with Crippen LogP contribution in [0.15, 0.2) is 18.2 Å². The Hall–Kier alpha value is -2.04. The van der Waals surface area contributed by atoms with Gasteiger partial charge < -0.3 is 15.2 Å². The number of carbonyl (C=O) groups excluding carboxylic acids is 1. The van der Waals surface area contributed by atoms with Crippen LogP contribution in [0.3, 0.4) is 0 Å². The zero-order chi connectivity index (χ0) is 13.7. The fraction of sp³-hybridized carbons (Fsp3) is 0.385. The zero-order valence-electron chi connectivity index (χ0n) is 10.7. The quantitative estimate of drug-likeness (QED) is 0.833. The largest absolute Gasteiger partial charge is 0.483 e. The fourth-order valence-electron chi connectivity index (χ4n) is 1.51. The molecule has 0 atom stereocenters. The minimum atomic E-state index is -1.07. The number of benzene rings is 1. The number of hydrogen-bond acceptors (Lipinski definition) is 3. The van der Waals surface area contributed by atoms with E-state index in [2.05, 4.69) is 5.32 Å². The molecule has 98 valence electrons. The van der Waals surface area contributed by atoms with Gasteiger partial charge in [0.1, 0.15) is 11.3 Å². The maximum absolute atomic E-state index is 11.4. The second kappa shape index (κ2) is 6.05. The van der Waals surface area contributed by atoms with Crippen LogP contribution in [0, 0.1) is 6.92 Å². The Morgan fingerprint density at radius 3 is 2.61 bits per heavy atom. The van der Waals surface area contributed by atoms with E-state index in [1.165, 1.54) is 6.07 Å². The summed E-state index contributed by atoms with van der Waals surface area (Å²) in [6.07, 6.45) is 0. The number of carbonyl (C=O) groups is 2. The van der Waals surface area contributed by atoms with Crippen molar-refractivity contribution in [1.82, 2.24) is 5.32 Å². The number of aryl methyl sites for hydroxylation is 1. The Bertz CT molecular complexity index is 454. The van der Waals surface area contributed by atoms with Gasteiger partial charge in [0.25, 0.3) is 5.91 Å². The van der Waals surface area contributed by atoms with Gasteiger partial charge in [-0.2, -0.15) is 0 Å². The number of nitrogens with one attached hydrogen (secondary N) is 1. The van der Waals surface area contributed by atoms with Crippen molar-refractivity contribution in [2.75, 3.05) is 6.61 Å². The van der Waals surface area contributed by atoms with Gasteiger partial charge >= 0.3 is 5.97 Å². The number of amides is 1. The van der Waals surface area contributed by atoms with Gasteiger partial charge in [0.2, 0.25) is 0 Å². The van der Waals surface area contributed by atoms with E-state index < -0.39 is 5.97 Å². The number of hydrogen-bond donors (Lipinski definition) is 2. The van der Waals surface area contributed by atoms with E-state index in [1.807, 2.05) is 13.8 Å². The first-order valence-corrected chi connectivity index (χ1v) is 5.67. The van der Waals surface area contributed by atoms with Crippen molar-refractivity contribution in [2.45, 2.75) is 26.8 Å². The van der Waals surface area contributed by atoms with Gasteiger partial charge in [0.05, 0.1) is 0 Å². The summed E-state index contributed by atoms with van der Waals surface area (Å²) in [7, 11) is 0. The Labute approximate surface area is 106 Å². The van der Waals surface area contributed by atoms with Gasteiger partial charge in [0, 0.05) is 6.04 Å². The van der Waals surface area contributed by atoms with E-state index in [-0.39, 0.29) is 29.9 Å². The molecule has 1 aromatic carbocycles. The third-order valence-electron chi connectivity index (χ3n) is 2.24. The van der Waals surface area contributed by atoms with Gasteiger partial charge in [-0.1, -0.05) is 12.1 Å². The molecule has 5 heteroatoms. The summed E-state index contributed by atoms with van der Waals surface area (Å²) < 4.78 is 5.30. The third-order valence-corrected chi connectivity index (χ3v) is 2.24. The van der Waals surface area contributed by atoms with Crippen molar-refractivity contribution < 1.29 is 19.4 Å². The molecule has 0 aliphatic rings. The first-order chi connectivity index (χ1) is 8.41. The van der Waals surface area contributed by atoms with E-state index in [0.717, 1.165) is 0 Å². The summed E-state index contributed by atoms with van der Waals surface area (Å²) in [5.41, 5.74) is 0.750. The lowest BCUT2D eigenvalue weighted by atomic mass is 10.1. The lowest BCUT2D eigenvalue weighted by Crippen LogP contribution is -2.34. The van der Waals surface area contributed by atoms with Crippen LogP contribution in [0.2, 0.25) is 0 Å². The van der Waals surface area contributed by atoms with E-state index in [4.69, 9.17) is 9.84 Å². The first kappa shape index (κ1) is 14.0. The molecule has 0 bridgehead atoms. The van der Waals surface area contributed by atoms with E-state index in [9.17, 15) is 9.59 Å². The van der Waals surface area contributed by atoms with Crippen LogP contribution in [-0.4, -0.2) is 29.6 Å². The van der Waals surface area contributed by atoms with E-state index in [1.54, 1.807) is 19.1 Å². The molecule has 0 aliphatic carbocycles. The van der Waals surface area contributed by atoms with Crippen molar-refractivity contribution in [3.63, 3.8) is 0 Å². The normalized spacial score (nSPS) is 10.2. The standard InChI is InChI=1S/C13H17NO4/c1-8(2)14-11(15)7-18-12-9(3)5-4-6-10(12)13(16)17/h4-6,8H,7H2,1-3H3,(H,14,15)(H,16,17). The maximum atomic E-state index is 11.4. The van der Waals surface area contributed by atoms with Crippen LogP contribution in [0.25, 0.3) is 0 Å². The number of ether oxygens (including phenoxy) is 1. The minimum absolute atomic E-state index is 0.0249. The lowest BCUT2D eigenvalue weighted by Gasteiger charge is -2.13. The lowest BCUT2D eigenvalue weighted by molar-refractivity contribution is -0.123. The second-order valence-electron chi connectivity index (χ2n) is 4.27. The molecule has 0 saturated carbocycles. The van der Waals surface area contributed by atoms with Gasteiger partial charge in [-0.25, -0.2) is 4.79 Å². The van der Waals surface area contributed by atoms with E-state index >= 15 is 0 Å².